The molecule has 0 saturated heterocycles. The lowest BCUT2D eigenvalue weighted by Crippen LogP contribution is -3.00. The molecule has 0 N–H and O–H groups in total. The Balaban J connectivity index is 0.00000364. The van der Waals surface area contributed by atoms with Gasteiger partial charge in [0.25, 0.3) is 0 Å². The van der Waals surface area contributed by atoms with E-state index in [-0.39, 0.29) is 24.8 Å². The van der Waals surface area contributed by atoms with Crippen molar-refractivity contribution in [1.82, 2.24) is 0 Å². The van der Waals surface area contributed by atoms with Crippen LogP contribution in [0.2, 0.25) is 0 Å². The maximum Gasteiger partial charge on any atom is 0.171 e. The molecule has 0 aliphatic heterocycles. The second-order valence-electron chi connectivity index (χ2n) is 5.99. The van der Waals surface area contributed by atoms with E-state index in [9.17, 15) is 0 Å². The number of halogens is 4. The van der Waals surface area contributed by atoms with Crippen LogP contribution in [0.3, 0.4) is 0 Å². The molecule has 2 aromatic heterocycles. The van der Waals surface area contributed by atoms with Crippen LogP contribution in [-0.4, -0.2) is 38.2 Å². The largest absolute Gasteiger partial charge is 1.00 e. The molecule has 28 heavy (non-hydrogen) atoms. The second-order valence-corrected chi connectivity index (χ2v) is 6.75. The van der Waals surface area contributed by atoms with Crippen molar-refractivity contribution in [3.8, 4) is 0 Å². The van der Waals surface area contributed by atoms with E-state index in [0.29, 0.717) is 38.2 Å². The fourth-order valence-electron chi connectivity index (χ4n) is 2.55. The quantitative estimate of drug-likeness (QED) is 0.234. The monoisotopic (exact) mass is 469 g/mol. The average molecular weight is 471 g/mol. The van der Waals surface area contributed by atoms with Crippen LogP contribution in [-0.2, 0) is 35.4 Å². The Morgan fingerprint density at radius 3 is 1.32 bits per heavy atom. The SMILES string of the molecule is Cl.ClCCOCC[n+]1ccc(CCc2cc[n+](CCOCCCl)cc2)cc1.[Cl-]. The van der Waals surface area contributed by atoms with E-state index in [4.69, 9.17) is 32.7 Å². The molecule has 0 saturated carbocycles. The standard InChI is InChI=1S/C20H28Cl2N2O2.2ClH/c21-7-15-25-17-13-23-9-3-19(4-10-23)1-2-20-5-11-24(12-6-20)14-18-26-16-8-22;;/h3-6,9-12H,1-2,7-8,13-18H2;2*1H/q+2;;/p-1. The average Bonchev–Trinajstić information content (AvgIpc) is 2.69. The minimum absolute atomic E-state index is 0. The van der Waals surface area contributed by atoms with Crippen molar-refractivity contribution < 1.29 is 31.0 Å². The molecule has 8 heteroatoms. The second kappa shape index (κ2) is 17.3. The molecular formula is C20H29Cl4N2O2+. The number of pyridine rings is 2. The van der Waals surface area contributed by atoms with E-state index in [2.05, 4.69) is 58.2 Å². The summed E-state index contributed by atoms with van der Waals surface area (Å²) >= 11 is 11.2. The van der Waals surface area contributed by atoms with Gasteiger partial charge in [0.05, 0.1) is 13.2 Å². The Morgan fingerprint density at radius 1 is 0.643 bits per heavy atom. The van der Waals surface area contributed by atoms with Crippen LogP contribution in [0.1, 0.15) is 11.1 Å². The number of nitrogens with zero attached hydrogens (tertiary/aromatic N) is 2. The van der Waals surface area contributed by atoms with Crippen LogP contribution in [0.25, 0.3) is 0 Å². The molecule has 0 fully saturated rings. The van der Waals surface area contributed by atoms with Crippen molar-refractivity contribution in [2.45, 2.75) is 25.9 Å². The van der Waals surface area contributed by atoms with Gasteiger partial charge in [0.2, 0.25) is 0 Å². The van der Waals surface area contributed by atoms with Crippen molar-refractivity contribution in [3.63, 3.8) is 0 Å². The molecule has 0 aliphatic carbocycles. The Morgan fingerprint density at radius 2 is 1.00 bits per heavy atom. The molecule has 0 radical (unpaired) electrons. The summed E-state index contributed by atoms with van der Waals surface area (Å²) in [4.78, 5) is 0. The molecular weight excluding hydrogens is 442 g/mol. The van der Waals surface area contributed by atoms with Gasteiger partial charge in [-0.05, 0) is 24.0 Å². The van der Waals surface area contributed by atoms with Crippen molar-refractivity contribution >= 4 is 35.6 Å². The highest BCUT2D eigenvalue weighted by atomic mass is 35.5. The molecule has 2 aromatic rings. The molecule has 0 aliphatic rings. The predicted octanol–water partition coefficient (Wildman–Crippen LogP) is -0.0166. The van der Waals surface area contributed by atoms with Crippen molar-refractivity contribution in [2.24, 2.45) is 0 Å². The molecule has 2 heterocycles. The zero-order valence-electron chi connectivity index (χ0n) is 15.9. The Bertz CT molecular complexity index is 557. The number of aryl methyl sites for hydroxylation is 2. The first-order valence-corrected chi connectivity index (χ1v) is 10.1. The third kappa shape index (κ3) is 11.4. The van der Waals surface area contributed by atoms with Crippen LogP contribution in [0.15, 0.2) is 49.1 Å². The van der Waals surface area contributed by atoms with Gasteiger partial charge in [-0.25, -0.2) is 9.13 Å². The van der Waals surface area contributed by atoms with Crippen LogP contribution in [0.4, 0.5) is 0 Å². The van der Waals surface area contributed by atoms with Gasteiger partial charge in [-0.15, -0.1) is 35.6 Å². The Kier molecular flexibility index (Phi) is 16.9. The van der Waals surface area contributed by atoms with Gasteiger partial charge in [-0.2, -0.15) is 0 Å². The normalized spacial score (nSPS) is 10.2. The summed E-state index contributed by atoms with van der Waals surface area (Å²) in [6.45, 7) is 4.31. The first-order valence-electron chi connectivity index (χ1n) is 9.05. The van der Waals surface area contributed by atoms with E-state index in [0.717, 1.165) is 25.9 Å². The van der Waals surface area contributed by atoms with E-state index >= 15 is 0 Å². The summed E-state index contributed by atoms with van der Waals surface area (Å²) in [5, 5.41) is 0. The zero-order chi connectivity index (χ0) is 18.5. The third-order valence-electron chi connectivity index (χ3n) is 4.05. The van der Waals surface area contributed by atoms with Gasteiger partial charge in [-0.3, -0.25) is 0 Å². The predicted molar refractivity (Wildman–Crippen MR) is 111 cm³/mol. The minimum atomic E-state index is 0. The fourth-order valence-corrected chi connectivity index (χ4v) is 2.77. The molecule has 0 unspecified atom stereocenters. The number of rotatable bonds is 13. The van der Waals surface area contributed by atoms with Crippen molar-refractivity contribution in [2.75, 3.05) is 38.2 Å². The lowest BCUT2D eigenvalue weighted by atomic mass is 10.1. The molecule has 158 valence electrons. The lowest BCUT2D eigenvalue weighted by molar-refractivity contribution is -0.698. The first kappa shape index (κ1) is 27.4. The number of hydrogen-bond donors (Lipinski definition) is 0. The van der Waals surface area contributed by atoms with E-state index in [1.807, 2.05) is 0 Å². The number of aromatic nitrogens is 2. The van der Waals surface area contributed by atoms with Gasteiger partial charge in [0, 0.05) is 36.0 Å². The zero-order valence-corrected chi connectivity index (χ0v) is 19.0. The highest BCUT2D eigenvalue weighted by Gasteiger charge is 2.04. The molecule has 0 aromatic carbocycles. The lowest BCUT2D eigenvalue weighted by Gasteiger charge is -2.03. The molecule has 0 atom stereocenters. The van der Waals surface area contributed by atoms with Crippen molar-refractivity contribution in [1.29, 1.82) is 0 Å². The van der Waals surface area contributed by atoms with Gasteiger partial charge in [0.15, 0.2) is 37.9 Å². The van der Waals surface area contributed by atoms with Gasteiger partial charge < -0.3 is 21.9 Å². The first-order chi connectivity index (χ1) is 12.8. The van der Waals surface area contributed by atoms with E-state index < -0.39 is 0 Å². The van der Waals surface area contributed by atoms with Crippen molar-refractivity contribution in [3.05, 3.63) is 60.2 Å². The van der Waals surface area contributed by atoms with Crippen LogP contribution in [0.5, 0.6) is 0 Å². The topological polar surface area (TPSA) is 26.2 Å². The molecule has 2 rings (SSSR count). The molecule has 0 bridgehead atoms. The minimum Gasteiger partial charge on any atom is -1.00 e. The molecule has 4 nitrogen and oxygen atoms in total. The molecule has 0 spiro atoms. The summed E-state index contributed by atoms with van der Waals surface area (Å²) in [5.41, 5.74) is 2.68. The maximum atomic E-state index is 5.59. The summed E-state index contributed by atoms with van der Waals surface area (Å²) in [7, 11) is 0. The van der Waals surface area contributed by atoms with Crippen LogP contribution < -0.4 is 21.5 Å². The Labute approximate surface area is 190 Å². The smallest absolute Gasteiger partial charge is 0.171 e. The van der Waals surface area contributed by atoms with Gasteiger partial charge >= 0.3 is 0 Å². The van der Waals surface area contributed by atoms with E-state index in [1.165, 1.54) is 11.1 Å². The number of ether oxygens (including phenoxy) is 2. The maximum absolute atomic E-state index is 5.59. The van der Waals surface area contributed by atoms with Crippen LogP contribution in [0, 0.1) is 0 Å². The highest BCUT2D eigenvalue weighted by Crippen LogP contribution is 2.04. The number of alkyl halides is 2. The van der Waals surface area contributed by atoms with Gasteiger partial charge in [-0.1, -0.05) is 0 Å². The summed E-state index contributed by atoms with van der Waals surface area (Å²) in [6, 6.07) is 8.72. The highest BCUT2D eigenvalue weighted by molar-refractivity contribution is 6.18. The van der Waals surface area contributed by atoms with Gasteiger partial charge in [0.1, 0.15) is 13.2 Å². The van der Waals surface area contributed by atoms with Crippen LogP contribution >= 0.6 is 35.6 Å². The van der Waals surface area contributed by atoms with E-state index in [1.54, 1.807) is 0 Å². The summed E-state index contributed by atoms with van der Waals surface area (Å²) in [6.07, 6.45) is 10.5. The summed E-state index contributed by atoms with van der Waals surface area (Å²) in [5.74, 6) is 1.09. The Hall–Kier alpha value is -0.620. The summed E-state index contributed by atoms with van der Waals surface area (Å²) < 4.78 is 15.1. The molecule has 0 amide bonds. The fraction of sp³-hybridized carbons (Fsp3) is 0.500. The number of hydrogen-bond acceptors (Lipinski definition) is 2. The third-order valence-corrected chi connectivity index (χ3v) is 4.36.